The second kappa shape index (κ2) is 9.82. The Morgan fingerprint density at radius 1 is 0.900 bits per heavy atom. The number of carbonyl (C=O) groups excluding carboxylic acids is 2. The lowest BCUT2D eigenvalue weighted by molar-refractivity contribution is -0.132. The predicted molar refractivity (Wildman–Crippen MR) is 117 cm³/mol. The number of aryl methyl sites for hydroxylation is 1. The third-order valence-corrected chi connectivity index (χ3v) is 6.69. The lowest BCUT2D eigenvalue weighted by atomic mass is 10.0. The van der Waals surface area contributed by atoms with Gasteiger partial charge < -0.3 is 4.90 Å². The summed E-state index contributed by atoms with van der Waals surface area (Å²) in [5, 5.41) is 1.21. The number of benzene rings is 2. The molecule has 0 bridgehead atoms. The second-order valence-electron chi connectivity index (χ2n) is 7.33. The summed E-state index contributed by atoms with van der Waals surface area (Å²) in [6.45, 7) is 3.11. The van der Waals surface area contributed by atoms with Gasteiger partial charge in [0.05, 0.1) is 0 Å². The molecule has 2 aromatic carbocycles. The van der Waals surface area contributed by atoms with Crippen LogP contribution in [0.4, 0.5) is 0 Å². The smallest absolute Gasteiger partial charge is 0.236 e. The summed E-state index contributed by atoms with van der Waals surface area (Å²) in [7, 11) is -3.54. The van der Waals surface area contributed by atoms with Gasteiger partial charge in [0.1, 0.15) is 0 Å². The van der Waals surface area contributed by atoms with E-state index in [4.69, 9.17) is 0 Å². The zero-order valence-corrected chi connectivity index (χ0v) is 17.8. The third-order valence-electron chi connectivity index (χ3n) is 5.12. The molecule has 0 atom stereocenters. The molecule has 1 heterocycles. The van der Waals surface area contributed by atoms with Crippen molar-refractivity contribution in [1.29, 1.82) is 0 Å². The maximum Gasteiger partial charge on any atom is 0.236 e. The van der Waals surface area contributed by atoms with Crippen molar-refractivity contribution >= 4 is 27.8 Å². The van der Waals surface area contributed by atoms with Gasteiger partial charge in [0.25, 0.3) is 0 Å². The first kappa shape index (κ1) is 21.9. The van der Waals surface area contributed by atoms with E-state index in [9.17, 15) is 18.0 Å². The summed E-state index contributed by atoms with van der Waals surface area (Å²) in [4.78, 5) is 26.3. The van der Waals surface area contributed by atoms with E-state index < -0.39 is 10.0 Å². The molecular formula is C23H26N2O4S. The quantitative estimate of drug-likeness (QED) is 0.638. The molecule has 1 aliphatic heterocycles. The Bertz CT molecular complexity index is 1010. The molecule has 0 radical (unpaired) electrons. The van der Waals surface area contributed by atoms with Crippen LogP contribution in [-0.4, -0.2) is 55.5 Å². The van der Waals surface area contributed by atoms with Crippen LogP contribution in [0.1, 0.15) is 34.3 Å². The Hall–Kier alpha value is -2.77. The van der Waals surface area contributed by atoms with Crippen molar-refractivity contribution in [3.63, 3.8) is 0 Å². The highest BCUT2D eigenvalue weighted by molar-refractivity contribution is 7.92. The fourth-order valence-corrected chi connectivity index (χ4v) is 4.44. The number of amides is 1. The van der Waals surface area contributed by atoms with Crippen molar-refractivity contribution in [2.45, 2.75) is 19.8 Å². The molecule has 30 heavy (non-hydrogen) atoms. The second-order valence-corrected chi connectivity index (χ2v) is 9.15. The number of hydrogen-bond acceptors (Lipinski definition) is 4. The van der Waals surface area contributed by atoms with Crippen LogP contribution in [0.5, 0.6) is 0 Å². The molecular weight excluding hydrogens is 400 g/mol. The van der Waals surface area contributed by atoms with E-state index in [1.165, 1.54) is 9.71 Å². The highest BCUT2D eigenvalue weighted by Gasteiger charge is 2.27. The number of nitrogens with zero attached hydrogens (tertiary/aromatic N) is 2. The van der Waals surface area contributed by atoms with Crippen molar-refractivity contribution in [1.82, 2.24) is 9.21 Å². The minimum absolute atomic E-state index is 0.0596. The highest BCUT2D eigenvalue weighted by atomic mass is 32.2. The molecule has 6 nitrogen and oxygen atoms in total. The SMILES string of the molecule is Cc1ccc(C(=O)CCC(=O)N2CCN(S(=O)(=O)C=Cc3ccccc3)CC2)cc1. The monoisotopic (exact) mass is 426 g/mol. The third kappa shape index (κ3) is 5.87. The molecule has 2 aromatic rings. The average Bonchev–Trinajstić information content (AvgIpc) is 2.77. The molecule has 1 saturated heterocycles. The van der Waals surface area contributed by atoms with Gasteiger partial charge in [-0.3, -0.25) is 9.59 Å². The molecule has 0 aromatic heterocycles. The molecule has 0 aliphatic carbocycles. The predicted octanol–water partition coefficient (Wildman–Crippen LogP) is 3.10. The van der Waals surface area contributed by atoms with Crippen LogP contribution < -0.4 is 0 Å². The number of hydrogen-bond donors (Lipinski definition) is 0. The van der Waals surface area contributed by atoms with Crippen molar-refractivity contribution in [3.05, 3.63) is 76.7 Å². The van der Waals surface area contributed by atoms with E-state index in [2.05, 4.69) is 0 Å². The number of Topliss-reactive ketones (excluding diaryl/α,β-unsaturated/α-hetero) is 1. The number of ketones is 1. The van der Waals surface area contributed by atoms with Crippen molar-refractivity contribution in [2.75, 3.05) is 26.2 Å². The van der Waals surface area contributed by atoms with E-state index in [1.807, 2.05) is 49.4 Å². The fraction of sp³-hybridized carbons (Fsp3) is 0.304. The Labute approximate surface area is 177 Å². The molecule has 0 unspecified atom stereocenters. The zero-order valence-electron chi connectivity index (χ0n) is 17.0. The molecule has 3 rings (SSSR count). The zero-order chi connectivity index (χ0) is 21.6. The first-order valence-corrected chi connectivity index (χ1v) is 11.5. The molecule has 0 spiro atoms. The lowest BCUT2D eigenvalue weighted by Gasteiger charge is -2.33. The van der Waals surface area contributed by atoms with E-state index in [0.717, 1.165) is 11.1 Å². The van der Waals surface area contributed by atoms with Crippen molar-refractivity contribution < 1.29 is 18.0 Å². The molecule has 1 amide bonds. The van der Waals surface area contributed by atoms with Gasteiger partial charge in [-0.05, 0) is 18.6 Å². The Morgan fingerprint density at radius 3 is 2.17 bits per heavy atom. The standard InChI is InChI=1S/C23H26N2O4S/c1-19-7-9-21(10-8-19)22(26)11-12-23(27)24-14-16-25(17-15-24)30(28,29)18-13-20-5-3-2-4-6-20/h2-10,13,18H,11-12,14-17H2,1H3. The number of sulfonamides is 1. The van der Waals surface area contributed by atoms with E-state index in [-0.39, 0.29) is 37.6 Å². The van der Waals surface area contributed by atoms with Crippen LogP contribution in [0, 0.1) is 6.92 Å². The Morgan fingerprint density at radius 2 is 1.53 bits per heavy atom. The van der Waals surface area contributed by atoms with Gasteiger partial charge in [0.15, 0.2) is 5.78 Å². The molecule has 7 heteroatoms. The summed E-state index contributed by atoms with van der Waals surface area (Å²) in [6, 6.07) is 16.5. The minimum atomic E-state index is -3.54. The van der Waals surface area contributed by atoms with Crippen LogP contribution >= 0.6 is 0 Å². The van der Waals surface area contributed by atoms with Crippen LogP contribution in [0.2, 0.25) is 0 Å². The maximum atomic E-state index is 12.5. The van der Waals surface area contributed by atoms with Crippen molar-refractivity contribution in [3.8, 4) is 0 Å². The Kier molecular flexibility index (Phi) is 7.18. The molecule has 158 valence electrons. The molecule has 1 fully saturated rings. The largest absolute Gasteiger partial charge is 0.340 e. The number of piperazine rings is 1. The highest BCUT2D eigenvalue weighted by Crippen LogP contribution is 2.14. The summed E-state index contributed by atoms with van der Waals surface area (Å²) < 4.78 is 26.4. The van der Waals surface area contributed by atoms with E-state index >= 15 is 0 Å². The van der Waals surface area contributed by atoms with Gasteiger partial charge >= 0.3 is 0 Å². The van der Waals surface area contributed by atoms with Gasteiger partial charge in [0.2, 0.25) is 15.9 Å². The first-order chi connectivity index (χ1) is 14.3. The van der Waals surface area contributed by atoms with Gasteiger partial charge in [-0.1, -0.05) is 60.2 Å². The topological polar surface area (TPSA) is 74.8 Å². The van der Waals surface area contributed by atoms with Crippen LogP contribution in [0.15, 0.2) is 60.0 Å². The van der Waals surface area contributed by atoms with Crippen LogP contribution in [0.25, 0.3) is 6.08 Å². The molecule has 0 N–H and O–H groups in total. The Balaban J connectivity index is 1.48. The van der Waals surface area contributed by atoms with Gasteiger partial charge in [0, 0.05) is 50.0 Å². The summed E-state index contributed by atoms with van der Waals surface area (Å²) >= 11 is 0. The maximum absolute atomic E-state index is 12.5. The molecule has 0 saturated carbocycles. The lowest BCUT2D eigenvalue weighted by Crippen LogP contribution is -2.50. The fourth-order valence-electron chi connectivity index (χ4n) is 3.27. The van der Waals surface area contributed by atoms with Gasteiger partial charge in [-0.2, -0.15) is 4.31 Å². The van der Waals surface area contributed by atoms with E-state index in [0.29, 0.717) is 18.7 Å². The van der Waals surface area contributed by atoms with Gasteiger partial charge in [-0.25, -0.2) is 8.42 Å². The van der Waals surface area contributed by atoms with Crippen LogP contribution in [-0.2, 0) is 14.8 Å². The normalized spacial score (nSPS) is 15.4. The number of carbonyl (C=O) groups is 2. The molecule has 1 aliphatic rings. The van der Waals surface area contributed by atoms with Crippen molar-refractivity contribution in [2.24, 2.45) is 0 Å². The number of rotatable bonds is 7. The summed E-state index contributed by atoms with van der Waals surface area (Å²) in [6.07, 6.45) is 1.86. The van der Waals surface area contributed by atoms with Gasteiger partial charge in [-0.15, -0.1) is 0 Å². The van der Waals surface area contributed by atoms with E-state index in [1.54, 1.807) is 23.1 Å². The minimum Gasteiger partial charge on any atom is -0.340 e. The van der Waals surface area contributed by atoms with Crippen LogP contribution in [0.3, 0.4) is 0 Å². The first-order valence-electron chi connectivity index (χ1n) is 9.96. The summed E-state index contributed by atoms with van der Waals surface area (Å²) in [5.41, 5.74) is 2.50. The summed E-state index contributed by atoms with van der Waals surface area (Å²) in [5.74, 6) is -0.178. The average molecular weight is 427 g/mol.